The van der Waals surface area contributed by atoms with Gasteiger partial charge in [-0.05, 0) is 37.3 Å². The minimum Gasteiger partial charge on any atom is -0.481 e. The summed E-state index contributed by atoms with van der Waals surface area (Å²) in [5.74, 6) is 5.96. The van der Waals surface area contributed by atoms with E-state index >= 15 is 0 Å². The third-order valence-electron chi connectivity index (χ3n) is 3.38. The molecule has 3 aromatic rings. The quantitative estimate of drug-likeness (QED) is 0.634. The second-order valence-electron chi connectivity index (χ2n) is 5.05. The summed E-state index contributed by atoms with van der Waals surface area (Å²) in [6.45, 7) is 2.01. The van der Waals surface area contributed by atoms with Crippen molar-refractivity contribution in [2.24, 2.45) is 0 Å². The lowest BCUT2D eigenvalue weighted by Gasteiger charge is -2.07. The van der Waals surface area contributed by atoms with E-state index in [1.54, 1.807) is 37.3 Å². The zero-order valence-electron chi connectivity index (χ0n) is 13.4. The molecule has 126 valence electrons. The Kier molecular flexibility index (Phi) is 4.81. The maximum atomic E-state index is 13.6. The van der Waals surface area contributed by atoms with Crippen LogP contribution in [0.25, 0.3) is 10.9 Å². The maximum absolute atomic E-state index is 13.6. The second-order valence-corrected chi connectivity index (χ2v) is 5.05. The number of anilines is 2. The van der Waals surface area contributed by atoms with Gasteiger partial charge in [-0.3, -0.25) is 10.4 Å². The fourth-order valence-electron chi connectivity index (χ4n) is 2.19. The van der Waals surface area contributed by atoms with Crippen LogP contribution >= 0.6 is 0 Å². The lowest BCUT2D eigenvalue weighted by Crippen LogP contribution is -2.20. The molecule has 0 fully saturated rings. The summed E-state index contributed by atoms with van der Waals surface area (Å²) < 4.78 is 19.1. The Labute approximate surface area is 143 Å². The first-order chi connectivity index (χ1) is 12.2. The van der Waals surface area contributed by atoms with Crippen molar-refractivity contribution < 1.29 is 13.9 Å². The number of carbonyl (C=O) groups excluding carboxylic acids is 1. The van der Waals surface area contributed by atoms with Gasteiger partial charge in [-0.2, -0.15) is 5.10 Å². The Balaban J connectivity index is 1.76. The van der Waals surface area contributed by atoms with Crippen LogP contribution in [0.5, 0.6) is 5.75 Å². The normalized spacial score (nSPS) is 10.0. The van der Waals surface area contributed by atoms with Gasteiger partial charge in [-0.1, -0.05) is 18.1 Å². The highest BCUT2D eigenvalue weighted by molar-refractivity contribution is 6.04. The van der Waals surface area contributed by atoms with Gasteiger partial charge in [-0.25, -0.2) is 9.18 Å². The topological polar surface area (TPSA) is 79.0 Å². The molecule has 6 nitrogen and oxygen atoms in total. The number of nitrogens with zero attached hydrogens (tertiary/aromatic N) is 1. The molecule has 0 radical (unpaired) electrons. The number of carbonyl (C=O) groups is 1. The number of benzene rings is 2. The van der Waals surface area contributed by atoms with Gasteiger partial charge in [0, 0.05) is 5.39 Å². The van der Waals surface area contributed by atoms with Crippen LogP contribution in [0.3, 0.4) is 0 Å². The molecule has 0 aliphatic carbocycles. The number of aromatic nitrogens is 2. The van der Waals surface area contributed by atoms with Gasteiger partial charge < -0.3 is 10.1 Å². The van der Waals surface area contributed by atoms with Gasteiger partial charge in [0.15, 0.2) is 5.82 Å². The van der Waals surface area contributed by atoms with Crippen molar-refractivity contribution in [3.8, 4) is 17.6 Å². The molecule has 2 aromatic carbocycles. The molecular formula is C18H15FN4O2. The van der Waals surface area contributed by atoms with E-state index < -0.39 is 11.8 Å². The largest absolute Gasteiger partial charge is 0.481 e. The van der Waals surface area contributed by atoms with Gasteiger partial charge in [0.05, 0.1) is 11.2 Å². The molecule has 3 N–H and O–H groups in total. The summed E-state index contributed by atoms with van der Waals surface area (Å²) in [6, 6.07) is 10.6. The molecule has 0 bridgehead atoms. The van der Waals surface area contributed by atoms with Crippen LogP contribution in [-0.4, -0.2) is 22.8 Å². The molecule has 1 heterocycles. The fraction of sp³-hybridized carbons (Fsp3) is 0.111. The summed E-state index contributed by atoms with van der Waals surface area (Å²) >= 11 is 0. The minimum atomic E-state index is -0.596. The molecule has 0 aliphatic heterocycles. The molecule has 7 heteroatoms. The summed E-state index contributed by atoms with van der Waals surface area (Å²) in [5, 5.41) is 12.6. The SMILES string of the molecule is CC#CCOc1ccc2[nH]nc(NC(=O)Nc3ccccc3F)c2c1. The van der Waals surface area contributed by atoms with Crippen LogP contribution in [0.15, 0.2) is 42.5 Å². The zero-order valence-corrected chi connectivity index (χ0v) is 13.4. The van der Waals surface area contributed by atoms with Crippen LogP contribution in [-0.2, 0) is 0 Å². The molecule has 0 saturated carbocycles. The molecule has 0 atom stereocenters. The van der Waals surface area contributed by atoms with E-state index in [1.807, 2.05) is 0 Å². The predicted octanol–water partition coefficient (Wildman–Crippen LogP) is 3.75. The first-order valence-electron chi connectivity index (χ1n) is 7.50. The van der Waals surface area contributed by atoms with Gasteiger partial charge >= 0.3 is 6.03 Å². The van der Waals surface area contributed by atoms with Crippen molar-refractivity contribution in [3.05, 3.63) is 48.3 Å². The highest BCUT2D eigenvalue weighted by Crippen LogP contribution is 2.25. The first-order valence-corrected chi connectivity index (χ1v) is 7.50. The third-order valence-corrected chi connectivity index (χ3v) is 3.38. The molecule has 3 rings (SSSR count). The number of rotatable bonds is 4. The van der Waals surface area contributed by atoms with Crippen LogP contribution < -0.4 is 15.4 Å². The van der Waals surface area contributed by atoms with Gasteiger partial charge in [0.1, 0.15) is 18.2 Å². The lowest BCUT2D eigenvalue weighted by atomic mass is 10.2. The third kappa shape index (κ3) is 3.87. The number of amides is 2. The predicted molar refractivity (Wildman–Crippen MR) is 94.1 cm³/mol. The Hall–Kier alpha value is -3.53. The second kappa shape index (κ2) is 7.36. The number of para-hydroxylation sites is 1. The Morgan fingerprint density at radius 2 is 2.12 bits per heavy atom. The molecular weight excluding hydrogens is 323 g/mol. The number of H-pyrrole nitrogens is 1. The van der Waals surface area contributed by atoms with Gasteiger partial charge in [0.25, 0.3) is 0 Å². The first kappa shape index (κ1) is 16.3. The molecule has 1 aromatic heterocycles. The molecule has 0 aliphatic rings. The summed E-state index contributed by atoms with van der Waals surface area (Å²) in [7, 11) is 0. The van der Waals surface area contributed by atoms with E-state index in [0.29, 0.717) is 17.0 Å². The van der Waals surface area contributed by atoms with Crippen molar-refractivity contribution in [2.45, 2.75) is 6.92 Å². The standard InChI is InChI=1S/C18H15FN4O2/c1-2-3-10-25-12-8-9-15-13(11-12)17(23-22-15)21-18(24)20-16-7-5-4-6-14(16)19/h4-9,11H,10H2,1H3,(H3,20,21,22,23,24). The maximum Gasteiger partial charge on any atom is 0.324 e. The molecule has 0 spiro atoms. The van der Waals surface area contributed by atoms with Gasteiger partial charge in [0.2, 0.25) is 0 Å². The molecule has 2 amide bonds. The van der Waals surface area contributed by atoms with Gasteiger partial charge in [-0.15, -0.1) is 5.92 Å². The van der Waals surface area contributed by atoms with Crippen LogP contribution in [0.2, 0.25) is 0 Å². The highest BCUT2D eigenvalue weighted by atomic mass is 19.1. The zero-order chi connectivity index (χ0) is 17.6. The van der Waals surface area contributed by atoms with Crippen molar-refractivity contribution in [3.63, 3.8) is 0 Å². The summed E-state index contributed by atoms with van der Waals surface area (Å²) in [5.41, 5.74) is 0.817. The fourth-order valence-corrected chi connectivity index (χ4v) is 2.19. The minimum absolute atomic E-state index is 0.0852. The number of hydrogen-bond acceptors (Lipinski definition) is 3. The number of aromatic amines is 1. The number of hydrogen-bond donors (Lipinski definition) is 3. The van der Waals surface area contributed by atoms with Crippen LogP contribution in [0.4, 0.5) is 20.7 Å². The molecule has 0 unspecified atom stereocenters. The number of fused-ring (bicyclic) bond motifs is 1. The molecule has 25 heavy (non-hydrogen) atoms. The Bertz CT molecular complexity index is 972. The van der Waals surface area contributed by atoms with Crippen molar-refractivity contribution >= 4 is 28.4 Å². The summed E-state index contributed by atoms with van der Waals surface area (Å²) in [6.07, 6.45) is 0. The molecule has 0 saturated heterocycles. The average Bonchev–Trinajstić information content (AvgIpc) is 2.99. The van der Waals surface area contributed by atoms with Crippen LogP contribution in [0.1, 0.15) is 6.92 Å². The van der Waals surface area contributed by atoms with E-state index in [0.717, 1.165) is 5.52 Å². The number of urea groups is 1. The van der Waals surface area contributed by atoms with E-state index in [2.05, 4.69) is 32.7 Å². The lowest BCUT2D eigenvalue weighted by molar-refractivity contribution is 0.262. The van der Waals surface area contributed by atoms with E-state index in [4.69, 9.17) is 4.74 Å². The van der Waals surface area contributed by atoms with Crippen molar-refractivity contribution in [2.75, 3.05) is 17.2 Å². The van der Waals surface area contributed by atoms with E-state index in [-0.39, 0.29) is 12.3 Å². The smallest absolute Gasteiger partial charge is 0.324 e. The average molecular weight is 338 g/mol. The number of halogens is 1. The Morgan fingerprint density at radius 1 is 1.28 bits per heavy atom. The van der Waals surface area contributed by atoms with Crippen LogP contribution in [0, 0.1) is 17.7 Å². The van der Waals surface area contributed by atoms with Crippen molar-refractivity contribution in [1.82, 2.24) is 10.2 Å². The monoisotopic (exact) mass is 338 g/mol. The summed E-state index contributed by atoms with van der Waals surface area (Å²) in [4.78, 5) is 12.1. The Morgan fingerprint density at radius 3 is 2.92 bits per heavy atom. The van der Waals surface area contributed by atoms with E-state index in [9.17, 15) is 9.18 Å². The number of nitrogens with one attached hydrogen (secondary N) is 3. The van der Waals surface area contributed by atoms with Crippen molar-refractivity contribution in [1.29, 1.82) is 0 Å². The highest BCUT2D eigenvalue weighted by Gasteiger charge is 2.12. The van der Waals surface area contributed by atoms with E-state index in [1.165, 1.54) is 12.1 Å². The number of ether oxygens (including phenoxy) is 1.